The summed E-state index contributed by atoms with van der Waals surface area (Å²) in [6.45, 7) is 16.0. The van der Waals surface area contributed by atoms with Crippen molar-refractivity contribution in [1.29, 1.82) is 0 Å². The van der Waals surface area contributed by atoms with Crippen LogP contribution in [0.2, 0.25) is 0 Å². The average Bonchev–Trinajstić information content (AvgIpc) is 1.93. The van der Waals surface area contributed by atoms with Gasteiger partial charge in [0.15, 0.2) is 0 Å². The second-order valence-corrected chi connectivity index (χ2v) is 7.18. The van der Waals surface area contributed by atoms with Crippen LogP contribution in [0, 0.1) is 5.92 Å². The zero-order valence-corrected chi connectivity index (χ0v) is 12.4. The molecule has 0 amide bonds. The van der Waals surface area contributed by atoms with Gasteiger partial charge in [-0.15, -0.1) is 0 Å². The zero-order chi connectivity index (χ0) is 13.3. The SMILES string of the molecule is CC(C)C[C@H](N)CN1CC(C)(C)OC(C)(C)C1. The van der Waals surface area contributed by atoms with Gasteiger partial charge in [0, 0.05) is 25.7 Å². The van der Waals surface area contributed by atoms with Crippen molar-refractivity contribution in [3.63, 3.8) is 0 Å². The lowest BCUT2D eigenvalue weighted by Crippen LogP contribution is -2.59. The van der Waals surface area contributed by atoms with E-state index in [-0.39, 0.29) is 17.2 Å². The molecule has 102 valence electrons. The average molecular weight is 242 g/mol. The lowest BCUT2D eigenvalue weighted by molar-refractivity contribution is -0.181. The highest BCUT2D eigenvalue weighted by atomic mass is 16.5. The van der Waals surface area contributed by atoms with Crippen LogP contribution in [0.1, 0.15) is 48.0 Å². The van der Waals surface area contributed by atoms with Gasteiger partial charge in [0.25, 0.3) is 0 Å². The van der Waals surface area contributed by atoms with Gasteiger partial charge in [0.1, 0.15) is 0 Å². The molecular weight excluding hydrogens is 212 g/mol. The highest BCUT2D eigenvalue weighted by Gasteiger charge is 2.38. The number of nitrogens with two attached hydrogens (primary N) is 1. The first-order valence-corrected chi connectivity index (χ1v) is 6.78. The monoisotopic (exact) mass is 242 g/mol. The van der Waals surface area contributed by atoms with Crippen molar-refractivity contribution in [2.24, 2.45) is 11.7 Å². The molecule has 0 spiro atoms. The molecule has 2 N–H and O–H groups in total. The minimum Gasteiger partial charge on any atom is -0.367 e. The molecule has 0 aromatic carbocycles. The number of nitrogens with zero attached hydrogens (tertiary/aromatic N) is 1. The van der Waals surface area contributed by atoms with Gasteiger partial charge in [-0.05, 0) is 40.0 Å². The van der Waals surface area contributed by atoms with Crippen LogP contribution in [0.25, 0.3) is 0 Å². The largest absolute Gasteiger partial charge is 0.367 e. The number of hydrogen-bond acceptors (Lipinski definition) is 3. The smallest absolute Gasteiger partial charge is 0.0760 e. The molecule has 3 nitrogen and oxygen atoms in total. The zero-order valence-electron chi connectivity index (χ0n) is 12.4. The number of rotatable bonds is 4. The fourth-order valence-corrected chi connectivity index (χ4v) is 3.09. The maximum absolute atomic E-state index is 6.20. The van der Waals surface area contributed by atoms with Crippen molar-refractivity contribution in [3.05, 3.63) is 0 Å². The Kier molecular flexibility index (Phi) is 4.61. The molecule has 0 aromatic heterocycles. The van der Waals surface area contributed by atoms with Crippen LogP contribution in [0.4, 0.5) is 0 Å². The summed E-state index contributed by atoms with van der Waals surface area (Å²) in [5, 5.41) is 0. The summed E-state index contributed by atoms with van der Waals surface area (Å²) in [6.07, 6.45) is 1.10. The summed E-state index contributed by atoms with van der Waals surface area (Å²) < 4.78 is 6.07. The molecule has 0 aliphatic carbocycles. The van der Waals surface area contributed by atoms with Crippen molar-refractivity contribution < 1.29 is 4.74 Å². The van der Waals surface area contributed by atoms with Crippen molar-refractivity contribution in [2.45, 2.75) is 65.2 Å². The molecule has 1 saturated heterocycles. The summed E-state index contributed by atoms with van der Waals surface area (Å²) in [6, 6.07) is 0.277. The molecule has 1 atom stereocenters. The Bertz CT molecular complexity index is 233. The third-order valence-electron chi connectivity index (χ3n) is 3.03. The van der Waals surface area contributed by atoms with E-state index < -0.39 is 0 Å². The molecule has 1 aliphatic rings. The fourth-order valence-electron chi connectivity index (χ4n) is 3.09. The summed E-state index contributed by atoms with van der Waals surface area (Å²) in [7, 11) is 0. The van der Waals surface area contributed by atoms with Gasteiger partial charge in [-0.1, -0.05) is 13.8 Å². The molecule has 1 aliphatic heterocycles. The first-order valence-electron chi connectivity index (χ1n) is 6.78. The van der Waals surface area contributed by atoms with Crippen LogP contribution in [0.15, 0.2) is 0 Å². The normalized spacial score (nSPS) is 26.1. The Hall–Kier alpha value is -0.120. The molecule has 1 rings (SSSR count). The topological polar surface area (TPSA) is 38.5 Å². The van der Waals surface area contributed by atoms with E-state index in [4.69, 9.17) is 10.5 Å². The van der Waals surface area contributed by atoms with E-state index >= 15 is 0 Å². The lowest BCUT2D eigenvalue weighted by atomic mass is 9.97. The lowest BCUT2D eigenvalue weighted by Gasteiger charge is -2.47. The second kappa shape index (κ2) is 5.25. The van der Waals surface area contributed by atoms with Gasteiger partial charge in [0.2, 0.25) is 0 Å². The van der Waals surface area contributed by atoms with Gasteiger partial charge in [-0.25, -0.2) is 0 Å². The van der Waals surface area contributed by atoms with Crippen LogP contribution in [-0.2, 0) is 4.74 Å². The first-order chi connectivity index (χ1) is 7.60. The predicted octanol–water partition coefficient (Wildman–Crippen LogP) is 2.25. The third kappa shape index (κ3) is 5.36. The highest BCUT2D eigenvalue weighted by Crippen LogP contribution is 2.28. The Morgan fingerprint density at radius 3 is 2.00 bits per heavy atom. The Balaban J connectivity index is 2.53. The van der Waals surface area contributed by atoms with Crippen molar-refractivity contribution in [3.8, 4) is 0 Å². The minimum absolute atomic E-state index is 0.0701. The quantitative estimate of drug-likeness (QED) is 0.822. The molecule has 0 aromatic rings. The maximum Gasteiger partial charge on any atom is 0.0760 e. The van der Waals surface area contributed by atoms with Gasteiger partial charge in [-0.2, -0.15) is 0 Å². The molecule has 0 saturated carbocycles. The summed E-state index contributed by atoms with van der Waals surface area (Å²) in [4.78, 5) is 2.45. The summed E-state index contributed by atoms with van der Waals surface area (Å²) in [5.74, 6) is 0.673. The van der Waals surface area contributed by atoms with Gasteiger partial charge >= 0.3 is 0 Å². The Labute approximate surface area is 107 Å². The second-order valence-electron chi connectivity index (χ2n) is 7.18. The molecule has 0 bridgehead atoms. The van der Waals surface area contributed by atoms with Crippen LogP contribution in [0.3, 0.4) is 0 Å². The van der Waals surface area contributed by atoms with E-state index in [9.17, 15) is 0 Å². The molecule has 0 unspecified atom stereocenters. The third-order valence-corrected chi connectivity index (χ3v) is 3.03. The number of hydrogen-bond donors (Lipinski definition) is 1. The maximum atomic E-state index is 6.20. The Morgan fingerprint density at radius 2 is 1.59 bits per heavy atom. The highest BCUT2D eigenvalue weighted by molar-refractivity contribution is 4.90. The van der Waals surface area contributed by atoms with E-state index in [1.807, 2.05) is 0 Å². The van der Waals surface area contributed by atoms with E-state index in [0.717, 1.165) is 26.1 Å². The number of ether oxygens (including phenoxy) is 1. The fraction of sp³-hybridized carbons (Fsp3) is 1.00. The molecular formula is C14H30N2O. The van der Waals surface area contributed by atoms with E-state index in [2.05, 4.69) is 46.4 Å². The Morgan fingerprint density at radius 1 is 1.12 bits per heavy atom. The first kappa shape index (κ1) is 14.9. The number of morpholine rings is 1. The molecule has 1 heterocycles. The molecule has 17 heavy (non-hydrogen) atoms. The predicted molar refractivity (Wildman–Crippen MR) is 73.1 cm³/mol. The van der Waals surface area contributed by atoms with Crippen LogP contribution < -0.4 is 5.73 Å². The molecule has 1 fully saturated rings. The van der Waals surface area contributed by atoms with E-state index in [0.29, 0.717) is 5.92 Å². The van der Waals surface area contributed by atoms with Crippen LogP contribution in [-0.4, -0.2) is 41.8 Å². The van der Waals surface area contributed by atoms with Crippen molar-refractivity contribution >= 4 is 0 Å². The summed E-state index contributed by atoms with van der Waals surface area (Å²) in [5.41, 5.74) is 6.06. The van der Waals surface area contributed by atoms with Crippen LogP contribution in [0.5, 0.6) is 0 Å². The van der Waals surface area contributed by atoms with E-state index in [1.54, 1.807) is 0 Å². The minimum atomic E-state index is -0.0701. The van der Waals surface area contributed by atoms with Crippen molar-refractivity contribution in [1.82, 2.24) is 4.90 Å². The molecule has 0 radical (unpaired) electrons. The van der Waals surface area contributed by atoms with Gasteiger partial charge in [-0.3, -0.25) is 4.90 Å². The summed E-state index contributed by atoms with van der Waals surface area (Å²) >= 11 is 0. The van der Waals surface area contributed by atoms with Gasteiger partial charge < -0.3 is 10.5 Å². The van der Waals surface area contributed by atoms with Crippen molar-refractivity contribution in [2.75, 3.05) is 19.6 Å². The van der Waals surface area contributed by atoms with Gasteiger partial charge in [0.05, 0.1) is 11.2 Å². The van der Waals surface area contributed by atoms with Crippen LogP contribution >= 0.6 is 0 Å². The van der Waals surface area contributed by atoms with E-state index in [1.165, 1.54) is 0 Å². The molecule has 3 heteroatoms. The standard InChI is InChI=1S/C14H30N2O/c1-11(2)7-12(15)8-16-9-13(3,4)17-14(5,6)10-16/h11-12H,7-10,15H2,1-6H3/t12-/m0/s1.